The van der Waals surface area contributed by atoms with E-state index in [1.54, 1.807) is 10.9 Å². The molecule has 0 saturated heterocycles. The second kappa shape index (κ2) is 6.41. The lowest BCUT2D eigenvalue weighted by Crippen LogP contribution is -2.18. The van der Waals surface area contributed by atoms with Gasteiger partial charge in [-0.3, -0.25) is 4.79 Å². The lowest BCUT2D eigenvalue weighted by atomic mass is 10.3. The number of rotatable bonds is 6. The summed E-state index contributed by atoms with van der Waals surface area (Å²) in [4.78, 5) is 16.3. The maximum atomic E-state index is 12.0. The van der Waals surface area contributed by atoms with E-state index in [-0.39, 0.29) is 12.5 Å². The molecule has 3 rings (SSSR count). The lowest BCUT2D eigenvalue weighted by Gasteiger charge is -2.07. The van der Waals surface area contributed by atoms with Crippen LogP contribution < -0.4 is 10.6 Å². The smallest absolute Gasteiger partial charge is 0.244 e. The van der Waals surface area contributed by atoms with Crippen molar-refractivity contribution < 1.29 is 4.79 Å². The van der Waals surface area contributed by atoms with Crippen LogP contribution >= 0.6 is 15.9 Å². The average molecular weight is 349 g/mol. The number of nitrogens with one attached hydrogen (secondary N) is 2. The molecule has 5 nitrogen and oxygen atoms in total. The molecule has 0 bridgehead atoms. The number of hydrogen-bond donors (Lipinski definition) is 2. The minimum atomic E-state index is -0.0685. The number of imidazole rings is 1. The Morgan fingerprint density at radius 1 is 1.38 bits per heavy atom. The molecule has 1 heterocycles. The third kappa shape index (κ3) is 4.15. The van der Waals surface area contributed by atoms with Crippen LogP contribution in [-0.4, -0.2) is 21.5 Å². The van der Waals surface area contributed by atoms with Gasteiger partial charge in [0.1, 0.15) is 6.54 Å². The highest BCUT2D eigenvalue weighted by atomic mass is 79.9. The van der Waals surface area contributed by atoms with Gasteiger partial charge in [-0.05, 0) is 40.9 Å². The molecule has 2 aromatic rings. The Bertz CT molecular complexity index is 636. The van der Waals surface area contributed by atoms with E-state index in [1.165, 1.54) is 12.8 Å². The van der Waals surface area contributed by atoms with Gasteiger partial charge < -0.3 is 15.2 Å². The van der Waals surface area contributed by atoms with E-state index in [0.717, 1.165) is 22.4 Å². The molecule has 0 atom stereocenters. The van der Waals surface area contributed by atoms with Gasteiger partial charge in [-0.2, -0.15) is 0 Å². The maximum Gasteiger partial charge on any atom is 0.244 e. The molecule has 1 saturated carbocycles. The van der Waals surface area contributed by atoms with E-state index in [1.807, 2.05) is 30.5 Å². The zero-order chi connectivity index (χ0) is 14.7. The first kappa shape index (κ1) is 14.3. The predicted octanol–water partition coefficient (Wildman–Crippen LogP) is 2.54. The number of hydrogen-bond acceptors (Lipinski definition) is 3. The number of benzene rings is 1. The summed E-state index contributed by atoms with van der Waals surface area (Å²) in [5, 5.41) is 6.28. The highest BCUT2D eigenvalue weighted by Crippen LogP contribution is 2.21. The van der Waals surface area contributed by atoms with Crippen molar-refractivity contribution >= 4 is 27.5 Å². The Morgan fingerprint density at radius 2 is 2.19 bits per heavy atom. The van der Waals surface area contributed by atoms with Gasteiger partial charge in [0.05, 0.1) is 17.7 Å². The molecule has 1 amide bonds. The van der Waals surface area contributed by atoms with Gasteiger partial charge in [-0.1, -0.05) is 12.1 Å². The van der Waals surface area contributed by atoms with E-state index >= 15 is 0 Å². The molecule has 0 aliphatic heterocycles. The molecule has 6 heteroatoms. The standard InChI is InChI=1S/C15H17BrN4O/c16-13-3-1-2-4-14(13)19-15(21)9-20-8-12(18-10-20)7-17-11-5-6-11/h1-4,8,10-11,17H,5-7,9H2,(H,19,21). The Kier molecular flexibility index (Phi) is 4.36. The molecule has 110 valence electrons. The Labute approximate surface area is 131 Å². The highest BCUT2D eigenvalue weighted by Gasteiger charge is 2.20. The second-order valence-electron chi connectivity index (χ2n) is 5.22. The van der Waals surface area contributed by atoms with Crippen molar-refractivity contribution in [3.8, 4) is 0 Å². The molecule has 1 fully saturated rings. The normalized spacial score (nSPS) is 14.1. The number of aromatic nitrogens is 2. The fraction of sp³-hybridized carbons (Fsp3) is 0.333. The predicted molar refractivity (Wildman–Crippen MR) is 84.9 cm³/mol. The largest absolute Gasteiger partial charge is 0.328 e. The lowest BCUT2D eigenvalue weighted by molar-refractivity contribution is -0.116. The first-order valence-electron chi connectivity index (χ1n) is 6.99. The fourth-order valence-electron chi connectivity index (χ4n) is 2.04. The monoisotopic (exact) mass is 348 g/mol. The fourth-order valence-corrected chi connectivity index (χ4v) is 2.42. The third-order valence-electron chi connectivity index (χ3n) is 3.31. The molecular weight excluding hydrogens is 332 g/mol. The van der Waals surface area contributed by atoms with Gasteiger partial charge in [0.2, 0.25) is 5.91 Å². The van der Waals surface area contributed by atoms with E-state index in [2.05, 4.69) is 31.5 Å². The summed E-state index contributed by atoms with van der Waals surface area (Å²) in [5.41, 5.74) is 1.74. The zero-order valence-electron chi connectivity index (χ0n) is 11.6. The SMILES string of the molecule is O=C(Cn1cnc(CNC2CC2)c1)Nc1ccccc1Br. The van der Waals surface area contributed by atoms with Crippen molar-refractivity contribution in [1.82, 2.24) is 14.9 Å². The summed E-state index contributed by atoms with van der Waals surface area (Å²) >= 11 is 3.41. The Balaban J connectivity index is 1.53. The van der Waals surface area contributed by atoms with Crippen LogP contribution in [0.2, 0.25) is 0 Å². The van der Waals surface area contributed by atoms with Crippen molar-refractivity contribution in [2.24, 2.45) is 0 Å². The molecule has 21 heavy (non-hydrogen) atoms. The van der Waals surface area contributed by atoms with Gasteiger partial charge in [-0.25, -0.2) is 4.98 Å². The first-order valence-corrected chi connectivity index (χ1v) is 7.78. The third-order valence-corrected chi connectivity index (χ3v) is 4.00. The number of nitrogens with zero attached hydrogens (tertiary/aromatic N) is 2. The maximum absolute atomic E-state index is 12.0. The second-order valence-corrected chi connectivity index (χ2v) is 6.07. The molecule has 1 aromatic heterocycles. The zero-order valence-corrected chi connectivity index (χ0v) is 13.1. The highest BCUT2D eigenvalue weighted by molar-refractivity contribution is 9.10. The van der Waals surface area contributed by atoms with Gasteiger partial charge >= 0.3 is 0 Å². The minimum Gasteiger partial charge on any atom is -0.328 e. The molecule has 1 aromatic carbocycles. The Morgan fingerprint density at radius 3 is 2.95 bits per heavy atom. The first-order chi connectivity index (χ1) is 10.2. The number of carbonyl (C=O) groups is 1. The average Bonchev–Trinajstić information content (AvgIpc) is 3.19. The number of anilines is 1. The molecule has 2 N–H and O–H groups in total. The molecular formula is C15H17BrN4O. The van der Waals surface area contributed by atoms with Crippen LogP contribution in [0.25, 0.3) is 0 Å². The number of amides is 1. The number of para-hydroxylation sites is 1. The minimum absolute atomic E-state index is 0.0685. The molecule has 0 radical (unpaired) electrons. The van der Waals surface area contributed by atoms with Crippen LogP contribution in [-0.2, 0) is 17.9 Å². The Hall–Kier alpha value is -1.66. The number of carbonyl (C=O) groups excluding carboxylic acids is 1. The quantitative estimate of drug-likeness (QED) is 0.843. The molecule has 1 aliphatic rings. The van der Waals surface area contributed by atoms with Crippen molar-refractivity contribution in [3.05, 3.63) is 47.0 Å². The van der Waals surface area contributed by atoms with E-state index in [0.29, 0.717) is 6.04 Å². The van der Waals surface area contributed by atoms with E-state index in [4.69, 9.17) is 0 Å². The van der Waals surface area contributed by atoms with Gasteiger partial charge in [0.25, 0.3) is 0 Å². The summed E-state index contributed by atoms with van der Waals surface area (Å²) in [7, 11) is 0. The van der Waals surface area contributed by atoms with Crippen LogP contribution in [0.4, 0.5) is 5.69 Å². The van der Waals surface area contributed by atoms with Crippen LogP contribution in [0.15, 0.2) is 41.3 Å². The van der Waals surface area contributed by atoms with Crippen molar-refractivity contribution in [3.63, 3.8) is 0 Å². The number of halogens is 1. The van der Waals surface area contributed by atoms with E-state index in [9.17, 15) is 4.79 Å². The topological polar surface area (TPSA) is 59.0 Å². The van der Waals surface area contributed by atoms with Crippen LogP contribution in [0, 0.1) is 0 Å². The van der Waals surface area contributed by atoms with Crippen molar-refractivity contribution in [2.45, 2.75) is 32.0 Å². The van der Waals surface area contributed by atoms with Crippen LogP contribution in [0.5, 0.6) is 0 Å². The molecule has 0 spiro atoms. The van der Waals surface area contributed by atoms with E-state index < -0.39 is 0 Å². The summed E-state index contributed by atoms with van der Waals surface area (Å²) in [6.45, 7) is 1.03. The summed E-state index contributed by atoms with van der Waals surface area (Å²) < 4.78 is 2.68. The molecule has 0 unspecified atom stereocenters. The van der Waals surface area contributed by atoms with Crippen molar-refractivity contribution in [1.29, 1.82) is 0 Å². The van der Waals surface area contributed by atoms with Gasteiger partial charge in [-0.15, -0.1) is 0 Å². The van der Waals surface area contributed by atoms with Gasteiger partial charge in [0.15, 0.2) is 0 Å². The summed E-state index contributed by atoms with van der Waals surface area (Å²) in [5.74, 6) is -0.0685. The van der Waals surface area contributed by atoms with Crippen molar-refractivity contribution in [2.75, 3.05) is 5.32 Å². The van der Waals surface area contributed by atoms with Crippen LogP contribution in [0.1, 0.15) is 18.5 Å². The van der Waals surface area contributed by atoms with Crippen LogP contribution in [0.3, 0.4) is 0 Å². The summed E-state index contributed by atoms with van der Waals surface area (Å²) in [6.07, 6.45) is 6.13. The molecule has 1 aliphatic carbocycles. The summed E-state index contributed by atoms with van der Waals surface area (Å²) in [6, 6.07) is 8.22. The van der Waals surface area contributed by atoms with Gasteiger partial charge in [0, 0.05) is 23.3 Å².